The Bertz CT molecular complexity index is 709. The van der Waals surface area contributed by atoms with Crippen molar-refractivity contribution >= 4 is 9.84 Å². The number of ether oxygens (including phenoxy) is 1. The van der Waals surface area contributed by atoms with Crippen LogP contribution in [0.1, 0.15) is 25.7 Å². The highest BCUT2D eigenvalue weighted by atomic mass is 32.2. The molecule has 1 atom stereocenters. The topological polar surface area (TPSA) is 87.0 Å². The normalized spacial score (nSPS) is 19.2. The van der Waals surface area contributed by atoms with E-state index in [2.05, 4.69) is 15.5 Å². The third-order valence-electron chi connectivity index (χ3n) is 3.70. The Kier molecular flexibility index (Phi) is 4.49. The van der Waals surface area contributed by atoms with Crippen LogP contribution in [0.2, 0.25) is 0 Å². The summed E-state index contributed by atoms with van der Waals surface area (Å²) in [5.41, 5.74) is 0.625. The predicted octanol–water partition coefficient (Wildman–Crippen LogP) is 1.40. The lowest BCUT2D eigenvalue weighted by Crippen LogP contribution is -2.23. The zero-order chi connectivity index (χ0) is 15.4. The number of para-hydroxylation sites is 1. The van der Waals surface area contributed by atoms with Crippen LogP contribution in [0.4, 0.5) is 0 Å². The number of aromatic nitrogens is 4. The first-order valence-corrected chi connectivity index (χ1v) is 9.00. The molecule has 1 saturated heterocycles. The van der Waals surface area contributed by atoms with E-state index in [1.54, 1.807) is 12.1 Å². The van der Waals surface area contributed by atoms with Gasteiger partial charge in [0.1, 0.15) is 0 Å². The molecule has 0 amide bonds. The Hall–Kier alpha value is -1.80. The molecule has 0 saturated carbocycles. The minimum Gasteiger partial charge on any atom is -0.378 e. The molecule has 0 N–H and O–H groups in total. The van der Waals surface area contributed by atoms with E-state index < -0.39 is 9.84 Å². The minimum absolute atomic E-state index is 0.00905. The standard InChI is InChI=1S/C14H18N4O3S/c19-22(20,11-9-13-8-4-5-10-21-13)14-15-16-17-18(14)12-6-2-1-3-7-12/h1-3,6-7,13H,4-5,8-11H2. The fourth-order valence-corrected chi connectivity index (χ4v) is 3.84. The number of hydrogen-bond acceptors (Lipinski definition) is 6. The van der Waals surface area contributed by atoms with E-state index in [0.29, 0.717) is 18.7 Å². The lowest BCUT2D eigenvalue weighted by molar-refractivity contribution is 0.0147. The van der Waals surface area contributed by atoms with Crippen LogP contribution in [0, 0.1) is 0 Å². The molecule has 0 bridgehead atoms. The highest BCUT2D eigenvalue weighted by Gasteiger charge is 2.26. The van der Waals surface area contributed by atoms with Crippen LogP contribution >= 0.6 is 0 Å². The summed E-state index contributed by atoms with van der Waals surface area (Å²) in [5, 5.41) is 10.9. The van der Waals surface area contributed by atoms with Crippen LogP contribution in [0.3, 0.4) is 0 Å². The van der Waals surface area contributed by atoms with Crippen LogP contribution in [-0.2, 0) is 14.6 Å². The third kappa shape index (κ3) is 3.33. The average molecular weight is 322 g/mol. The van der Waals surface area contributed by atoms with Gasteiger partial charge >= 0.3 is 0 Å². The predicted molar refractivity (Wildman–Crippen MR) is 79.4 cm³/mol. The van der Waals surface area contributed by atoms with Gasteiger partial charge in [0.2, 0.25) is 9.84 Å². The van der Waals surface area contributed by atoms with Crippen molar-refractivity contribution in [2.75, 3.05) is 12.4 Å². The van der Waals surface area contributed by atoms with Crippen molar-refractivity contribution in [3.8, 4) is 5.69 Å². The van der Waals surface area contributed by atoms with Crippen LogP contribution in [0.25, 0.3) is 5.69 Å². The molecule has 8 heteroatoms. The molecule has 1 fully saturated rings. The number of rotatable bonds is 5. The molecular weight excluding hydrogens is 304 g/mol. The highest BCUT2D eigenvalue weighted by Crippen LogP contribution is 2.19. The maximum absolute atomic E-state index is 12.5. The molecule has 22 heavy (non-hydrogen) atoms. The molecule has 0 radical (unpaired) electrons. The van der Waals surface area contributed by atoms with E-state index in [1.165, 1.54) is 4.68 Å². The van der Waals surface area contributed by atoms with Gasteiger partial charge in [0.25, 0.3) is 5.16 Å². The summed E-state index contributed by atoms with van der Waals surface area (Å²) in [7, 11) is -3.55. The van der Waals surface area contributed by atoms with E-state index in [4.69, 9.17) is 4.74 Å². The van der Waals surface area contributed by atoms with Crippen molar-refractivity contribution in [1.82, 2.24) is 20.2 Å². The number of hydrogen-bond donors (Lipinski definition) is 0. The number of benzene rings is 1. The Morgan fingerprint density at radius 2 is 2.05 bits per heavy atom. The smallest absolute Gasteiger partial charge is 0.272 e. The lowest BCUT2D eigenvalue weighted by atomic mass is 10.1. The van der Waals surface area contributed by atoms with Crippen molar-refractivity contribution in [2.24, 2.45) is 0 Å². The molecule has 1 aromatic carbocycles. The zero-order valence-corrected chi connectivity index (χ0v) is 12.9. The first-order chi connectivity index (χ1) is 10.7. The SMILES string of the molecule is O=S(=O)(CCC1CCCCO1)c1nnnn1-c1ccccc1. The Morgan fingerprint density at radius 1 is 1.23 bits per heavy atom. The molecule has 0 spiro atoms. The maximum atomic E-state index is 12.5. The summed E-state index contributed by atoms with van der Waals surface area (Å²) in [5.74, 6) is -0.00905. The minimum atomic E-state index is -3.55. The summed E-state index contributed by atoms with van der Waals surface area (Å²) < 4.78 is 31.9. The molecule has 1 aromatic heterocycles. The summed E-state index contributed by atoms with van der Waals surface area (Å²) >= 11 is 0. The molecular formula is C14H18N4O3S. The quantitative estimate of drug-likeness (QED) is 0.827. The monoisotopic (exact) mass is 322 g/mol. The van der Waals surface area contributed by atoms with E-state index >= 15 is 0 Å². The largest absolute Gasteiger partial charge is 0.378 e. The fraction of sp³-hybridized carbons (Fsp3) is 0.500. The van der Waals surface area contributed by atoms with Gasteiger partial charge in [-0.05, 0) is 48.2 Å². The second kappa shape index (κ2) is 6.53. The molecule has 0 aliphatic carbocycles. The van der Waals surface area contributed by atoms with Crippen LogP contribution in [-0.4, -0.2) is 47.1 Å². The molecule has 1 unspecified atom stereocenters. The number of nitrogens with zero attached hydrogens (tertiary/aromatic N) is 4. The van der Waals surface area contributed by atoms with Gasteiger partial charge in [0.05, 0.1) is 17.5 Å². The molecule has 2 aromatic rings. The number of tetrazole rings is 1. The highest BCUT2D eigenvalue weighted by molar-refractivity contribution is 7.91. The van der Waals surface area contributed by atoms with Gasteiger partial charge in [-0.1, -0.05) is 23.3 Å². The first kappa shape index (κ1) is 15.1. The first-order valence-electron chi connectivity index (χ1n) is 7.35. The van der Waals surface area contributed by atoms with E-state index in [0.717, 1.165) is 19.3 Å². The van der Waals surface area contributed by atoms with Crippen molar-refractivity contribution in [3.05, 3.63) is 30.3 Å². The maximum Gasteiger partial charge on any atom is 0.272 e. The Labute approximate surface area is 129 Å². The Balaban J connectivity index is 1.77. The molecule has 7 nitrogen and oxygen atoms in total. The average Bonchev–Trinajstić information content (AvgIpc) is 3.06. The van der Waals surface area contributed by atoms with Crippen molar-refractivity contribution < 1.29 is 13.2 Å². The molecule has 1 aliphatic rings. The Morgan fingerprint density at radius 3 is 2.77 bits per heavy atom. The summed E-state index contributed by atoms with van der Waals surface area (Å²) in [4.78, 5) is 0. The molecule has 118 valence electrons. The van der Waals surface area contributed by atoms with Gasteiger partial charge in [-0.15, -0.1) is 0 Å². The van der Waals surface area contributed by atoms with Crippen LogP contribution < -0.4 is 0 Å². The van der Waals surface area contributed by atoms with Gasteiger partial charge in [0, 0.05) is 6.61 Å². The van der Waals surface area contributed by atoms with Crippen LogP contribution in [0.15, 0.2) is 35.5 Å². The van der Waals surface area contributed by atoms with Gasteiger partial charge < -0.3 is 4.74 Å². The molecule has 3 rings (SSSR count). The second-order valence-corrected chi connectivity index (χ2v) is 7.31. The summed E-state index contributed by atoms with van der Waals surface area (Å²) in [6.07, 6.45) is 3.55. The van der Waals surface area contributed by atoms with Gasteiger partial charge in [0.15, 0.2) is 0 Å². The van der Waals surface area contributed by atoms with E-state index in [1.807, 2.05) is 18.2 Å². The zero-order valence-electron chi connectivity index (χ0n) is 12.1. The van der Waals surface area contributed by atoms with Crippen molar-refractivity contribution in [3.63, 3.8) is 0 Å². The molecule has 1 aliphatic heterocycles. The molecule has 2 heterocycles. The van der Waals surface area contributed by atoms with Crippen molar-refractivity contribution in [1.29, 1.82) is 0 Å². The summed E-state index contributed by atoms with van der Waals surface area (Å²) in [6.45, 7) is 0.715. The second-order valence-electron chi connectivity index (χ2n) is 5.30. The van der Waals surface area contributed by atoms with E-state index in [9.17, 15) is 8.42 Å². The van der Waals surface area contributed by atoms with Gasteiger partial charge in [-0.25, -0.2) is 8.42 Å². The third-order valence-corrected chi connectivity index (χ3v) is 5.29. The van der Waals surface area contributed by atoms with Crippen LogP contribution in [0.5, 0.6) is 0 Å². The lowest BCUT2D eigenvalue weighted by Gasteiger charge is -2.22. The summed E-state index contributed by atoms with van der Waals surface area (Å²) in [6, 6.07) is 8.99. The number of sulfone groups is 1. The van der Waals surface area contributed by atoms with Gasteiger partial charge in [-0.2, -0.15) is 4.68 Å². The van der Waals surface area contributed by atoms with Gasteiger partial charge in [-0.3, -0.25) is 0 Å². The van der Waals surface area contributed by atoms with Crippen molar-refractivity contribution in [2.45, 2.75) is 36.9 Å². The van der Waals surface area contributed by atoms with E-state index in [-0.39, 0.29) is 17.0 Å². The fourth-order valence-electron chi connectivity index (χ4n) is 2.52.